The molecule has 1 aromatic rings. The first-order valence-electron chi connectivity index (χ1n) is 4.83. The summed E-state index contributed by atoms with van der Waals surface area (Å²) in [7, 11) is 1.54. The molecule has 15 heavy (non-hydrogen) atoms. The van der Waals surface area contributed by atoms with Gasteiger partial charge >= 0.3 is 0 Å². The van der Waals surface area contributed by atoms with Gasteiger partial charge in [0.15, 0.2) is 11.5 Å². The third-order valence-corrected chi connectivity index (χ3v) is 2.23. The molecule has 0 bridgehead atoms. The maximum absolute atomic E-state index is 9.63. The molecule has 2 nitrogen and oxygen atoms in total. The van der Waals surface area contributed by atoms with Gasteiger partial charge in [0.25, 0.3) is 0 Å². The number of benzene rings is 1. The van der Waals surface area contributed by atoms with E-state index in [2.05, 4.69) is 13.2 Å². The summed E-state index contributed by atoms with van der Waals surface area (Å²) in [6.45, 7) is 7.40. The highest BCUT2D eigenvalue weighted by atomic mass is 16.5. The lowest BCUT2D eigenvalue weighted by molar-refractivity contribution is 0.372. The van der Waals surface area contributed by atoms with Crippen LogP contribution in [0.1, 0.15) is 11.1 Å². The van der Waals surface area contributed by atoms with Crippen molar-refractivity contribution in [2.75, 3.05) is 7.11 Å². The van der Waals surface area contributed by atoms with Crippen molar-refractivity contribution in [3.63, 3.8) is 0 Å². The third-order valence-electron chi connectivity index (χ3n) is 2.23. The van der Waals surface area contributed by atoms with Gasteiger partial charge in [0, 0.05) is 0 Å². The van der Waals surface area contributed by atoms with Crippen LogP contribution in [0, 0.1) is 0 Å². The molecule has 0 saturated carbocycles. The molecule has 0 fully saturated rings. The molecule has 1 rings (SSSR count). The predicted molar refractivity (Wildman–Crippen MR) is 62.5 cm³/mol. The average molecular weight is 204 g/mol. The smallest absolute Gasteiger partial charge is 0.160 e. The Morgan fingerprint density at radius 1 is 1.20 bits per heavy atom. The monoisotopic (exact) mass is 204 g/mol. The third kappa shape index (κ3) is 2.62. The number of hydrogen-bond donors (Lipinski definition) is 1. The van der Waals surface area contributed by atoms with Crippen molar-refractivity contribution in [2.45, 2.75) is 12.8 Å². The van der Waals surface area contributed by atoms with E-state index in [4.69, 9.17) is 4.74 Å². The Bertz CT molecular complexity index is 367. The molecule has 0 saturated heterocycles. The van der Waals surface area contributed by atoms with E-state index < -0.39 is 0 Å². The second-order valence-corrected chi connectivity index (χ2v) is 3.28. The summed E-state index contributed by atoms with van der Waals surface area (Å²) in [5, 5.41) is 9.63. The lowest BCUT2D eigenvalue weighted by Gasteiger charge is -2.10. The zero-order chi connectivity index (χ0) is 11.3. The van der Waals surface area contributed by atoms with Gasteiger partial charge < -0.3 is 9.84 Å². The minimum atomic E-state index is 0.169. The van der Waals surface area contributed by atoms with Crippen molar-refractivity contribution in [3.05, 3.63) is 48.6 Å². The van der Waals surface area contributed by atoms with Crippen LogP contribution in [0.25, 0.3) is 0 Å². The van der Waals surface area contributed by atoms with Crippen LogP contribution in [0.2, 0.25) is 0 Å². The Kier molecular flexibility index (Phi) is 3.98. The highest BCUT2D eigenvalue weighted by molar-refractivity contribution is 5.47. The summed E-state index contributed by atoms with van der Waals surface area (Å²) >= 11 is 0. The number of allylic oxidation sites excluding steroid dienone is 2. The molecule has 80 valence electrons. The number of hydrogen-bond acceptors (Lipinski definition) is 2. The summed E-state index contributed by atoms with van der Waals surface area (Å²) < 4.78 is 5.05. The Balaban J connectivity index is 3.17. The van der Waals surface area contributed by atoms with Crippen LogP contribution in [0.3, 0.4) is 0 Å². The van der Waals surface area contributed by atoms with Crippen molar-refractivity contribution in [1.82, 2.24) is 0 Å². The summed E-state index contributed by atoms with van der Waals surface area (Å²) in [4.78, 5) is 0. The van der Waals surface area contributed by atoms with Crippen molar-refractivity contribution in [2.24, 2.45) is 0 Å². The zero-order valence-electron chi connectivity index (χ0n) is 8.99. The molecule has 2 heteroatoms. The van der Waals surface area contributed by atoms with Gasteiger partial charge in [-0.2, -0.15) is 0 Å². The van der Waals surface area contributed by atoms with Crippen molar-refractivity contribution in [1.29, 1.82) is 0 Å². The average Bonchev–Trinajstić information content (AvgIpc) is 2.22. The van der Waals surface area contributed by atoms with Gasteiger partial charge in [0.1, 0.15) is 0 Å². The lowest BCUT2D eigenvalue weighted by Crippen LogP contribution is -1.94. The molecule has 0 spiro atoms. The lowest BCUT2D eigenvalue weighted by atomic mass is 10.0. The van der Waals surface area contributed by atoms with E-state index in [0.29, 0.717) is 5.75 Å². The largest absolute Gasteiger partial charge is 0.504 e. The van der Waals surface area contributed by atoms with E-state index >= 15 is 0 Å². The van der Waals surface area contributed by atoms with Gasteiger partial charge in [0.2, 0.25) is 0 Å². The van der Waals surface area contributed by atoms with Crippen molar-refractivity contribution >= 4 is 0 Å². The molecule has 1 aromatic carbocycles. The minimum absolute atomic E-state index is 0.169. The molecule has 0 unspecified atom stereocenters. The van der Waals surface area contributed by atoms with Gasteiger partial charge in [0.05, 0.1) is 7.11 Å². The van der Waals surface area contributed by atoms with Gasteiger partial charge in [-0.05, 0) is 36.1 Å². The van der Waals surface area contributed by atoms with Gasteiger partial charge in [-0.15, -0.1) is 13.2 Å². The first kappa shape index (κ1) is 11.4. The minimum Gasteiger partial charge on any atom is -0.504 e. The molecule has 0 aliphatic heterocycles. The first-order valence-corrected chi connectivity index (χ1v) is 4.83. The summed E-state index contributed by atoms with van der Waals surface area (Å²) in [5.41, 5.74) is 2.17. The second-order valence-electron chi connectivity index (χ2n) is 3.28. The Morgan fingerprint density at radius 3 is 2.20 bits per heavy atom. The molecule has 0 radical (unpaired) electrons. The summed E-state index contributed by atoms with van der Waals surface area (Å²) in [6, 6.07) is 3.56. The molecule has 0 heterocycles. The number of aromatic hydroxyl groups is 1. The highest BCUT2D eigenvalue weighted by Crippen LogP contribution is 2.30. The van der Waals surface area contributed by atoms with E-state index in [1.165, 1.54) is 0 Å². The zero-order valence-corrected chi connectivity index (χ0v) is 8.99. The predicted octanol–water partition coefficient (Wildman–Crippen LogP) is 2.86. The SMILES string of the molecule is C=CCc1cc(O)c(OC)cc1CC=C. The molecular weight excluding hydrogens is 188 g/mol. The highest BCUT2D eigenvalue weighted by Gasteiger charge is 2.07. The fraction of sp³-hybridized carbons (Fsp3) is 0.231. The fourth-order valence-electron chi connectivity index (χ4n) is 1.51. The maximum atomic E-state index is 9.63. The van der Waals surface area contributed by atoms with Gasteiger partial charge in [-0.3, -0.25) is 0 Å². The number of phenolic OH excluding ortho intramolecular Hbond substituents is 1. The molecule has 0 aliphatic carbocycles. The maximum Gasteiger partial charge on any atom is 0.160 e. The normalized spacial score (nSPS) is 9.67. The van der Waals surface area contributed by atoms with Crippen LogP contribution in [-0.4, -0.2) is 12.2 Å². The van der Waals surface area contributed by atoms with E-state index in [-0.39, 0.29) is 5.75 Å². The number of methoxy groups -OCH3 is 1. The molecule has 0 aromatic heterocycles. The van der Waals surface area contributed by atoms with Gasteiger partial charge in [-0.25, -0.2) is 0 Å². The van der Waals surface area contributed by atoms with Crippen LogP contribution < -0.4 is 4.74 Å². The standard InChI is InChI=1S/C13H16O2/c1-4-6-10-8-12(14)13(15-3)9-11(10)7-5-2/h4-5,8-9,14H,1-2,6-7H2,3H3. The van der Waals surface area contributed by atoms with Gasteiger partial charge in [-0.1, -0.05) is 12.2 Å². The molecule has 0 atom stereocenters. The number of phenols is 1. The molecule has 1 N–H and O–H groups in total. The molecule has 0 amide bonds. The van der Waals surface area contributed by atoms with E-state index in [1.807, 2.05) is 18.2 Å². The number of ether oxygens (including phenoxy) is 1. The van der Waals surface area contributed by atoms with Crippen LogP contribution in [-0.2, 0) is 12.8 Å². The fourth-order valence-corrected chi connectivity index (χ4v) is 1.51. The van der Waals surface area contributed by atoms with Crippen LogP contribution in [0.4, 0.5) is 0 Å². The van der Waals surface area contributed by atoms with E-state index in [9.17, 15) is 5.11 Å². The Labute approximate surface area is 90.5 Å². The summed E-state index contributed by atoms with van der Waals surface area (Å²) in [6.07, 6.45) is 5.15. The van der Waals surface area contributed by atoms with Crippen LogP contribution in [0.15, 0.2) is 37.4 Å². The van der Waals surface area contributed by atoms with Crippen LogP contribution in [0.5, 0.6) is 11.5 Å². The Morgan fingerprint density at radius 2 is 1.73 bits per heavy atom. The van der Waals surface area contributed by atoms with Crippen LogP contribution >= 0.6 is 0 Å². The van der Waals surface area contributed by atoms with Crippen molar-refractivity contribution in [3.8, 4) is 11.5 Å². The first-order chi connectivity index (χ1) is 7.22. The van der Waals surface area contributed by atoms with E-state index in [0.717, 1.165) is 24.0 Å². The Hall–Kier alpha value is -1.70. The molecular formula is C13H16O2. The second kappa shape index (κ2) is 5.25. The topological polar surface area (TPSA) is 29.5 Å². The number of rotatable bonds is 5. The van der Waals surface area contributed by atoms with Crippen molar-refractivity contribution < 1.29 is 9.84 Å². The summed E-state index contributed by atoms with van der Waals surface area (Å²) in [5.74, 6) is 0.668. The molecule has 0 aliphatic rings. The van der Waals surface area contributed by atoms with E-state index in [1.54, 1.807) is 13.2 Å². The quantitative estimate of drug-likeness (QED) is 0.747.